The maximum atomic E-state index is 13.9. The molecule has 0 bridgehead atoms. The molecule has 0 heterocycles. The van der Waals surface area contributed by atoms with Gasteiger partial charge in [0.25, 0.3) is 0 Å². The van der Waals surface area contributed by atoms with Crippen molar-refractivity contribution in [2.45, 2.75) is 38.0 Å². The molecule has 0 aromatic heterocycles. The molecular weight excluding hydrogens is 580 g/mol. The summed E-state index contributed by atoms with van der Waals surface area (Å²) in [5.74, 6) is -2.07. The van der Waals surface area contributed by atoms with E-state index in [1.807, 2.05) is 0 Å². The topological polar surface area (TPSA) is 74.7 Å². The fourth-order valence-electron chi connectivity index (χ4n) is 3.08. The van der Waals surface area contributed by atoms with Gasteiger partial charge in [-0.15, -0.1) is 0 Å². The Bertz CT molecular complexity index is 1270. The highest BCUT2D eigenvalue weighted by molar-refractivity contribution is 6.10. The Morgan fingerprint density at radius 2 is 1.56 bits per heavy atom. The molecule has 6 nitrogen and oxygen atoms in total. The van der Waals surface area contributed by atoms with E-state index in [-0.39, 0.29) is 17.8 Å². The second kappa shape index (κ2) is 12.4. The lowest BCUT2D eigenvalue weighted by molar-refractivity contribution is -0.262. The van der Waals surface area contributed by atoms with Crippen molar-refractivity contribution in [1.29, 1.82) is 5.41 Å². The van der Waals surface area contributed by atoms with E-state index in [2.05, 4.69) is 5.32 Å². The van der Waals surface area contributed by atoms with Gasteiger partial charge in [0.15, 0.2) is 11.4 Å². The molecular formula is C25H23F10N3O3. The van der Waals surface area contributed by atoms with Crippen LogP contribution >= 0.6 is 0 Å². The van der Waals surface area contributed by atoms with Gasteiger partial charge >= 0.3 is 24.6 Å². The fraction of sp³-hybridized carbons (Fsp3) is 0.360. The molecule has 0 saturated carbocycles. The number of ether oxygens (including phenoxy) is 2. The largest absolute Gasteiger partial charge is 0.420 e. The summed E-state index contributed by atoms with van der Waals surface area (Å²) in [6, 6.07) is 3.99. The summed E-state index contributed by atoms with van der Waals surface area (Å²) in [5.41, 5.74) is -8.00. The van der Waals surface area contributed by atoms with E-state index in [0.29, 0.717) is 11.1 Å². The molecule has 2 aromatic rings. The minimum Gasteiger partial charge on any atom is -0.409 e. The first kappa shape index (κ1) is 33.4. The number of benzene rings is 2. The first-order valence-corrected chi connectivity index (χ1v) is 11.4. The molecule has 0 spiro atoms. The predicted octanol–water partition coefficient (Wildman–Crippen LogP) is 7.44. The van der Waals surface area contributed by atoms with Gasteiger partial charge in [-0.25, -0.2) is 9.18 Å². The summed E-state index contributed by atoms with van der Waals surface area (Å²) < 4.78 is 144. The molecule has 0 aliphatic carbocycles. The molecule has 2 aromatic carbocycles. The molecule has 0 unspecified atom stereocenters. The molecule has 0 aliphatic heterocycles. The molecule has 226 valence electrons. The van der Waals surface area contributed by atoms with Gasteiger partial charge in [0.2, 0.25) is 0 Å². The van der Waals surface area contributed by atoms with Crippen LogP contribution in [-0.4, -0.2) is 44.3 Å². The molecule has 0 atom stereocenters. The molecule has 0 radical (unpaired) electrons. The number of amides is 1. The average Bonchev–Trinajstić information content (AvgIpc) is 2.84. The first-order chi connectivity index (χ1) is 18.7. The number of nitrogens with zero attached hydrogens (tertiary/aromatic N) is 1. The van der Waals surface area contributed by atoms with Gasteiger partial charge in [0.05, 0.1) is 17.7 Å². The summed E-state index contributed by atoms with van der Waals surface area (Å²) in [5, 5.41) is 9.92. The number of carbonyl (C=O) groups is 1. The van der Waals surface area contributed by atoms with Crippen molar-refractivity contribution in [1.82, 2.24) is 5.32 Å². The number of hydrogen-bond acceptors (Lipinski definition) is 5. The predicted molar refractivity (Wildman–Crippen MR) is 128 cm³/mol. The zero-order valence-corrected chi connectivity index (χ0v) is 21.5. The molecule has 0 fully saturated rings. The first-order valence-electron chi connectivity index (χ1n) is 11.4. The van der Waals surface area contributed by atoms with Gasteiger partial charge in [-0.05, 0) is 50.2 Å². The van der Waals surface area contributed by atoms with Crippen LogP contribution in [0.1, 0.15) is 30.5 Å². The van der Waals surface area contributed by atoms with E-state index in [4.69, 9.17) is 14.9 Å². The van der Waals surface area contributed by atoms with Crippen molar-refractivity contribution in [3.63, 3.8) is 0 Å². The number of alkyl halides is 9. The number of anilines is 1. The fourth-order valence-corrected chi connectivity index (χ4v) is 3.08. The summed E-state index contributed by atoms with van der Waals surface area (Å²) in [6.07, 6.45) is -15.9. The lowest BCUT2D eigenvalue weighted by Gasteiger charge is -2.27. The van der Waals surface area contributed by atoms with E-state index in [1.54, 1.807) is 0 Å². The number of carbonyl (C=O) groups excluding carboxylic acids is 1. The van der Waals surface area contributed by atoms with Gasteiger partial charge in [0, 0.05) is 42.8 Å². The second-order valence-corrected chi connectivity index (χ2v) is 8.85. The average molecular weight is 603 g/mol. The van der Waals surface area contributed by atoms with Crippen LogP contribution in [-0.2, 0) is 17.1 Å². The van der Waals surface area contributed by atoms with Crippen LogP contribution in [0.25, 0.3) is 5.57 Å². The SMILES string of the molecule is CN(C(=O)Oc1c(/C(C=N)=C/NCCOC(C)(C)C(F)(F)F)cc(C(F)(F)F)cc1C(F)(F)F)c1ccc(F)cc1. The van der Waals surface area contributed by atoms with Crippen LogP contribution in [0.15, 0.2) is 42.6 Å². The van der Waals surface area contributed by atoms with Crippen molar-refractivity contribution in [2.24, 2.45) is 0 Å². The van der Waals surface area contributed by atoms with Crippen LogP contribution in [0, 0.1) is 11.2 Å². The third-order valence-electron chi connectivity index (χ3n) is 5.51. The van der Waals surface area contributed by atoms with Crippen molar-refractivity contribution >= 4 is 23.6 Å². The summed E-state index contributed by atoms with van der Waals surface area (Å²) in [4.78, 5) is 13.4. The van der Waals surface area contributed by atoms with Crippen LogP contribution in [0.4, 0.5) is 54.4 Å². The van der Waals surface area contributed by atoms with Gasteiger partial charge < -0.3 is 20.2 Å². The standard InChI is InChI=1S/C25H23F10N3O3/c1-22(2,25(33,34)35)40-9-8-37-13-14(12-36)18-10-15(23(27,28)29)11-19(24(30,31)32)20(18)41-21(39)38(3)17-6-4-16(26)5-7-17/h4-7,10-13,36-37H,8-9H2,1-3H3/b14-13+,36-12?. The maximum absolute atomic E-state index is 13.9. The number of nitrogens with one attached hydrogen (secondary N) is 2. The minimum absolute atomic E-state index is 0.0373. The summed E-state index contributed by atoms with van der Waals surface area (Å²) in [6.45, 7) is 0.507. The Morgan fingerprint density at radius 1 is 0.976 bits per heavy atom. The van der Waals surface area contributed by atoms with Crippen molar-refractivity contribution in [3.05, 3.63) is 65.1 Å². The smallest absolute Gasteiger partial charge is 0.409 e. The Hall–Kier alpha value is -3.82. The lowest BCUT2D eigenvalue weighted by Crippen LogP contribution is -2.43. The van der Waals surface area contributed by atoms with Gasteiger partial charge in [-0.3, -0.25) is 4.90 Å². The van der Waals surface area contributed by atoms with Gasteiger partial charge in [-0.2, -0.15) is 39.5 Å². The zero-order valence-electron chi connectivity index (χ0n) is 21.5. The Kier molecular flexibility index (Phi) is 10.1. The summed E-state index contributed by atoms with van der Waals surface area (Å²) >= 11 is 0. The lowest BCUT2D eigenvalue weighted by atomic mass is 9.98. The van der Waals surface area contributed by atoms with Crippen LogP contribution in [0.3, 0.4) is 0 Å². The van der Waals surface area contributed by atoms with E-state index < -0.39 is 77.2 Å². The normalized spacial score (nSPS) is 13.1. The molecule has 1 amide bonds. The quantitative estimate of drug-likeness (QED) is 0.178. The van der Waals surface area contributed by atoms with Gasteiger partial charge in [0.1, 0.15) is 5.82 Å². The third-order valence-corrected chi connectivity index (χ3v) is 5.51. The number of halogens is 10. The van der Waals surface area contributed by atoms with Gasteiger partial charge in [-0.1, -0.05) is 0 Å². The Morgan fingerprint density at radius 3 is 2.05 bits per heavy atom. The molecule has 16 heteroatoms. The van der Waals surface area contributed by atoms with Crippen LogP contribution in [0.2, 0.25) is 0 Å². The van der Waals surface area contributed by atoms with E-state index in [1.165, 1.54) is 0 Å². The zero-order chi connectivity index (χ0) is 31.4. The van der Waals surface area contributed by atoms with Crippen molar-refractivity contribution in [3.8, 4) is 5.75 Å². The van der Waals surface area contributed by atoms with Crippen LogP contribution < -0.4 is 15.0 Å². The third kappa shape index (κ3) is 8.58. The summed E-state index contributed by atoms with van der Waals surface area (Å²) in [7, 11) is 1.05. The highest BCUT2D eigenvalue weighted by Gasteiger charge is 2.48. The maximum Gasteiger partial charge on any atom is 0.420 e. The Labute approximate surface area is 227 Å². The molecule has 0 aliphatic rings. The van der Waals surface area contributed by atoms with E-state index in [0.717, 1.165) is 51.4 Å². The van der Waals surface area contributed by atoms with E-state index in [9.17, 15) is 48.7 Å². The molecule has 2 N–H and O–H groups in total. The van der Waals surface area contributed by atoms with Crippen LogP contribution in [0.5, 0.6) is 5.75 Å². The number of allylic oxidation sites excluding steroid dienone is 1. The van der Waals surface area contributed by atoms with Crippen molar-refractivity contribution in [2.75, 3.05) is 25.1 Å². The second-order valence-electron chi connectivity index (χ2n) is 8.85. The highest BCUT2D eigenvalue weighted by Crippen LogP contribution is 2.44. The number of hydrogen-bond donors (Lipinski definition) is 2. The van der Waals surface area contributed by atoms with E-state index >= 15 is 0 Å². The number of rotatable bonds is 9. The minimum atomic E-state index is -5.47. The highest BCUT2D eigenvalue weighted by atomic mass is 19.4. The monoisotopic (exact) mass is 603 g/mol. The van der Waals surface area contributed by atoms with Crippen molar-refractivity contribution < 1.29 is 58.2 Å². The molecule has 0 saturated heterocycles. The molecule has 41 heavy (non-hydrogen) atoms. The molecule has 2 rings (SSSR count). The Balaban J connectivity index is 2.53.